The lowest BCUT2D eigenvalue weighted by molar-refractivity contribution is -0.0339. The fourth-order valence-corrected chi connectivity index (χ4v) is 1.81. The van der Waals surface area contributed by atoms with E-state index in [1.165, 1.54) is 19.3 Å². The van der Waals surface area contributed by atoms with Crippen LogP contribution in [-0.4, -0.2) is 37.5 Å². The molecule has 1 rings (SSSR count). The van der Waals surface area contributed by atoms with E-state index in [1.54, 1.807) is 19.5 Å². The van der Waals surface area contributed by atoms with Crippen LogP contribution in [0.1, 0.15) is 39.0 Å². The van der Waals surface area contributed by atoms with Gasteiger partial charge in [0.1, 0.15) is 5.75 Å². The first-order chi connectivity index (χ1) is 10.1. The van der Waals surface area contributed by atoms with Gasteiger partial charge in [0.2, 0.25) is 0 Å². The van der Waals surface area contributed by atoms with E-state index in [0.29, 0.717) is 6.61 Å². The van der Waals surface area contributed by atoms with Gasteiger partial charge in [-0.1, -0.05) is 19.3 Å². The van der Waals surface area contributed by atoms with Crippen molar-refractivity contribution in [3.63, 3.8) is 0 Å². The lowest BCUT2D eigenvalue weighted by Crippen LogP contribution is -2.29. The molecule has 4 heteroatoms. The largest absolute Gasteiger partial charge is 0.492 e. The molecular weight excluding hydrogens is 266 g/mol. The zero-order valence-electron chi connectivity index (χ0n) is 13.3. The first kappa shape index (κ1) is 17.9. The van der Waals surface area contributed by atoms with E-state index in [4.69, 9.17) is 14.2 Å². The second kappa shape index (κ2) is 10.6. The molecule has 1 radical (unpaired) electrons. The summed E-state index contributed by atoms with van der Waals surface area (Å²) in [5.74, 6) is 0.847. The minimum atomic E-state index is -0.427. The fourth-order valence-electron chi connectivity index (χ4n) is 1.81. The summed E-state index contributed by atoms with van der Waals surface area (Å²) in [7, 11) is 1.66. The van der Waals surface area contributed by atoms with Crippen molar-refractivity contribution < 1.29 is 14.2 Å². The molecule has 0 amide bonds. The summed E-state index contributed by atoms with van der Waals surface area (Å²) in [6.07, 6.45) is 9.25. The normalized spacial score (nSPS) is 11.6. The maximum Gasteiger partial charge on any atom is 0.137 e. The summed E-state index contributed by atoms with van der Waals surface area (Å²) in [5.41, 5.74) is -0.427. The molecule has 0 aliphatic rings. The van der Waals surface area contributed by atoms with Gasteiger partial charge in [-0.25, -0.2) is 0 Å². The van der Waals surface area contributed by atoms with Gasteiger partial charge < -0.3 is 14.2 Å². The number of hydrogen-bond acceptors (Lipinski definition) is 4. The first-order valence-electron chi connectivity index (χ1n) is 7.65. The Bertz CT molecular complexity index is 354. The highest BCUT2D eigenvalue weighted by Crippen LogP contribution is 2.10. The molecule has 4 nitrogen and oxygen atoms in total. The van der Waals surface area contributed by atoms with E-state index in [9.17, 15) is 0 Å². The Morgan fingerprint density at radius 1 is 1.14 bits per heavy atom. The van der Waals surface area contributed by atoms with Crippen LogP contribution >= 0.6 is 0 Å². The van der Waals surface area contributed by atoms with Gasteiger partial charge in [0, 0.05) is 19.9 Å². The Morgan fingerprint density at radius 3 is 2.52 bits per heavy atom. The summed E-state index contributed by atoms with van der Waals surface area (Å²) >= 11 is 0. The van der Waals surface area contributed by atoms with Gasteiger partial charge in [0.05, 0.1) is 25.0 Å². The number of hydrogen-bond donors (Lipinski definition) is 0. The Balaban J connectivity index is 1.85. The van der Waals surface area contributed by atoms with Crippen molar-refractivity contribution in [3.8, 4) is 5.75 Å². The van der Waals surface area contributed by atoms with Crippen LogP contribution in [-0.2, 0) is 9.47 Å². The van der Waals surface area contributed by atoms with Crippen LogP contribution in [0.25, 0.3) is 0 Å². The van der Waals surface area contributed by atoms with E-state index in [1.807, 2.05) is 19.1 Å². The van der Waals surface area contributed by atoms with Crippen molar-refractivity contribution in [1.82, 2.24) is 4.98 Å². The highest BCUT2D eigenvalue weighted by atomic mass is 16.5. The zero-order chi connectivity index (χ0) is 15.4. The Morgan fingerprint density at radius 2 is 1.86 bits per heavy atom. The summed E-state index contributed by atoms with van der Waals surface area (Å²) in [5, 5.41) is 0. The molecule has 1 atom stereocenters. The van der Waals surface area contributed by atoms with Gasteiger partial charge in [-0.3, -0.25) is 4.98 Å². The standard InChI is InChI=1S/C17H28NO3/c1-17(2,19-3)15-20-12-7-5-4-6-8-13-21-16-10-9-11-18-14-16/h9-11,14H,1,4-8,12-13,15H2,2-3H3. The number of methoxy groups -OCH3 is 1. The average Bonchev–Trinajstić information content (AvgIpc) is 2.50. The van der Waals surface area contributed by atoms with Crippen molar-refractivity contribution in [1.29, 1.82) is 0 Å². The smallest absolute Gasteiger partial charge is 0.137 e. The molecule has 0 fully saturated rings. The monoisotopic (exact) mass is 294 g/mol. The van der Waals surface area contributed by atoms with Crippen molar-refractivity contribution in [2.45, 2.75) is 44.6 Å². The van der Waals surface area contributed by atoms with Crippen molar-refractivity contribution in [3.05, 3.63) is 31.5 Å². The van der Waals surface area contributed by atoms with Crippen molar-refractivity contribution >= 4 is 0 Å². The predicted octanol–water partition coefficient (Wildman–Crippen LogP) is 3.67. The molecule has 0 saturated heterocycles. The summed E-state index contributed by atoms with van der Waals surface area (Å²) < 4.78 is 16.3. The maximum absolute atomic E-state index is 5.59. The van der Waals surface area contributed by atoms with Crippen molar-refractivity contribution in [2.24, 2.45) is 0 Å². The van der Waals surface area contributed by atoms with Crippen LogP contribution in [0.5, 0.6) is 5.75 Å². The Kier molecular flexibility index (Phi) is 9.02. The van der Waals surface area contributed by atoms with Crippen LogP contribution in [0.3, 0.4) is 0 Å². The molecule has 0 bridgehead atoms. The number of ether oxygens (including phenoxy) is 3. The third-order valence-corrected chi connectivity index (χ3v) is 3.24. The van der Waals surface area contributed by atoms with Gasteiger partial charge in [-0.15, -0.1) is 0 Å². The second-order valence-electron chi connectivity index (χ2n) is 5.51. The molecule has 0 aliphatic carbocycles. The number of pyridine rings is 1. The summed E-state index contributed by atoms with van der Waals surface area (Å²) in [6, 6.07) is 3.82. The number of aromatic nitrogens is 1. The predicted molar refractivity (Wildman–Crippen MR) is 84.4 cm³/mol. The zero-order valence-corrected chi connectivity index (χ0v) is 13.3. The molecule has 0 aromatic carbocycles. The quantitative estimate of drug-likeness (QED) is 0.552. The molecule has 0 spiro atoms. The van der Waals surface area contributed by atoms with E-state index < -0.39 is 5.60 Å². The molecule has 119 valence electrons. The fraction of sp³-hybridized carbons (Fsp3) is 0.647. The lowest BCUT2D eigenvalue weighted by atomic mass is 10.1. The van der Waals surface area contributed by atoms with Crippen LogP contribution in [0.15, 0.2) is 24.5 Å². The summed E-state index contributed by atoms with van der Waals surface area (Å²) in [4.78, 5) is 4.01. The minimum absolute atomic E-state index is 0.427. The van der Waals surface area contributed by atoms with Gasteiger partial charge >= 0.3 is 0 Å². The molecule has 0 aliphatic heterocycles. The minimum Gasteiger partial charge on any atom is -0.492 e. The molecule has 0 N–H and O–H groups in total. The maximum atomic E-state index is 5.59. The molecule has 21 heavy (non-hydrogen) atoms. The number of rotatable bonds is 12. The Labute approximate surface area is 128 Å². The first-order valence-corrected chi connectivity index (χ1v) is 7.65. The molecule has 1 aromatic rings. The van der Waals surface area contributed by atoms with Crippen molar-refractivity contribution in [2.75, 3.05) is 26.9 Å². The van der Waals surface area contributed by atoms with Gasteiger partial charge in [0.25, 0.3) is 0 Å². The number of unbranched alkanes of at least 4 members (excludes halogenated alkanes) is 4. The Hall–Kier alpha value is -1.13. The molecule has 0 saturated carbocycles. The highest BCUT2D eigenvalue weighted by molar-refractivity contribution is 5.15. The van der Waals surface area contributed by atoms with E-state index in [2.05, 4.69) is 11.9 Å². The topological polar surface area (TPSA) is 40.6 Å². The molecular formula is C17H28NO3. The third kappa shape index (κ3) is 9.43. The van der Waals surface area contributed by atoms with Crippen LogP contribution in [0, 0.1) is 6.92 Å². The highest BCUT2D eigenvalue weighted by Gasteiger charge is 2.15. The average molecular weight is 294 g/mol. The lowest BCUT2D eigenvalue weighted by Gasteiger charge is -2.22. The van der Waals surface area contributed by atoms with Crippen LogP contribution in [0.4, 0.5) is 0 Å². The molecule has 1 unspecified atom stereocenters. The SMILES string of the molecule is [CH2]C(C)(COCCCCCCCOc1cccnc1)OC. The van der Waals surface area contributed by atoms with E-state index in [-0.39, 0.29) is 0 Å². The van der Waals surface area contributed by atoms with Crippen LogP contribution < -0.4 is 4.74 Å². The molecule has 1 aromatic heterocycles. The number of nitrogens with zero attached hydrogens (tertiary/aromatic N) is 1. The van der Waals surface area contributed by atoms with Gasteiger partial charge in [-0.2, -0.15) is 0 Å². The summed E-state index contributed by atoms with van der Waals surface area (Å²) in [6.45, 7) is 7.92. The third-order valence-electron chi connectivity index (χ3n) is 3.24. The van der Waals surface area contributed by atoms with Gasteiger partial charge in [-0.05, 0) is 38.8 Å². The second-order valence-corrected chi connectivity index (χ2v) is 5.51. The van der Waals surface area contributed by atoms with Gasteiger partial charge in [0.15, 0.2) is 0 Å². The van der Waals surface area contributed by atoms with Crippen LogP contribution in [0.2, 0.25) is 0 Å². The molecule has 1 heterocycles. The van der Waals surface area contributed by atoms with E-state index in [0.717, 1.165) is 31.8 Å². The van der Waals surface area contributed by atoms with E-state index >= 15 is 0 Å².